The zero-order chi connectivity index (χ0) is 22.5. The van der Waals surface area contributed by atoms with Crippen molar-refractivity contribution in [1.29, 1.82) is 0 Å². The highest BCUT2D eigenvalue weighted by molar-refractivity contribution is 7.99. The number of aromatic nitrogens is 4. The lowest BCUT2D eigenvalue weighted by Gasteiger charge is -2.33. The molecular formula is C21H24N6O4S. The highest BCUT2D eigenvalue weighted by atomic mass is 32.2. The Hall–Kier alpha value is -3.34. The molecule has 0 atom stereocenters. The van der Waals surface area contributed by atoms with Gasteiger partial charge >= 0.3 is 6.09 Å². The van der Waals surface area contributed by atoms with Crippen LogP contribution in [0.15, 0.2) is 41.6 Å². The topological polar surface area (TPSA) is 102 Å². The first kappa shape index (κ1) is 21.9. The third kappa shape index (κ3) is 4.62. The number of ether oxygens (including phenoxy) is 2. The maximum absolute atomic E-state index is 12.7. The monoisotopic (exact) mass is 456 g/mol. The van der Waals surface area contributed by atoms with Gasteiger partial charge in [0.15, 0.2) is 5.65 Å². The van der Waals surface area contributed by atoms with Crippen LogP contribution in [-0.4, -0.2) is 87.3 Å². The molecule has 10 nitrogen and oxygen atoms in total. The zero-order valence-corrected chi connectivity index (χ0v) is 18.7. The van der Waals surface area contributed by atoms with E-state index in [2.05, 4.69) is 15.3 Å². The molecule has 2 amide bonds. The number of thioether (sulfide) groups is 1. The fourth-order valence-electron chi connectivity index (χ4n) is 3.43. The van der Waals surface area contributed by atoms with E-state index in [0.717, 1.165) is 17.0 Å². The molecule has 1 saturated heterocycles. The highest BCUT2D eigenvalue weighted by Crippen LogP contribution is 2.28. The maximum Gasteiger partial charge on any atom is 0.409 e. The Morgan fingerprint density at radius 2 is 1.78 bits per heavy atom. The number of hydrogen-bond acceptors (Lipinski definition) is 8. The standard InChI is InChI=1S/C21H24N6O4S/c1-3-31-21(29)26-12-10-25(11-13-26)19(28)14-32-20-23-22-18-9-8-16(24-27(18)20)15-6-4-5-7-17(15)30-2/h4-9H,3,10-14H2,1-2H3. The van der Waals surface area contributed by atoms with Crippen molar-refractivity contribution in [2.45, 2.75) is 12.1 Å². The van der Waals surface area contributed by atoms with Gasteiger partial charge in [-0.3, -0.25) is 4.79 Å². The van der Waals surface area contributed by atoms with Crippen LogP contribution in [0.5, 0.6) is 5.75 Å². The van der Waals surface area contributed by atoms with Gasteiger partial charge in [0, 0.05) is 31.7 Å². The van der Waals surface area contributed by atoms with Gasteiger partial charge in [0.05, 0.1) is 25.2 Å². The van der Waals surface area contributed by atoms with Crippen LogP contribution >= 0.6 is 11.8 Å². The summed E-state index contributed by atoms with van der Waals surface area (Å²) in [5, 5.41) is 13.5. The van der Waals surface area contributed by atoms with Crippen molar-refractivity contribution in [2.75, 3.05) is 45.6 Å². The molecule has 0 bridgehead atoms. The first-order valence-corrected chi connectivity index (χ1v) is 11.3. The second-order valence-electron chi connectivity index (χ2n) is 7.03. The van der Waals surface area contributed by atoms with Gasteiger partial charge < -0.3 is 19.3 Å². The van der Waals surface area contributed by atoms with Crippen LogP contribution in [0.3, 0.4) is 0 Å². The summed E-state index contributed by atoms with van der Waals surface area (Å²) in [7, 11) is 1.62. The lowest BCUT2D eigenvalue weighted by Crippen LogP contribution is -2.51. The van der Waals surface area contributed by atoms with E-state index in [1.54, 1.807) is 28.3 Å². The van der Waals surface area contributed by atoms with Crippen LogP contribution in [-0.2, 0) is 9.53 Å². The fraction of sp³-hybridized carbons (Fsp3) is 0.381. The van der Waals surface area contributed by atoms with Crippen LogP contribution in [0, 0.1) is 0 Å². The molecule has 168 valence electrons. The summed E-state index contributed by atoms with van der Waals surface area (Å²) in [6.07, 6.45) is -0.333. The number of fused-ring (bicyclic) bond motifs is 1. The summed E-state index contributed by atoms with van der Waals surface area (Å²) in [6, 6.07) is 11.3. The molecule has 4 rings (SSSR count). The van der Waals surface area contributed by atoms with Gasteiger partial charge in [-0.15, -0.1) is 10.2 Å². The molecule has 0 unspecified atom stereocenters. The predicted molar refractivity (Wildman–Crippen MR) is 119 cm³/mol. The van der Waals surface area contributed by atoms with Gasteiger partial charge in [-0.1, -0.05) is 23.9 Å². The molecule has 0 aliphatic carbocycles. The van der Waals surface area contributed by atoms with E-state index in [-0.39, 0.29) is 17.8 Å². The number of nitrogens with zero attached hydrogens (tertiary/aromatic N) is 6. The zero-order valence-electron chi connectivity index (χ0n) is 17.9. The van der Waals surface area contributed by atoms with E-state index in [1.165, 1.54) is 11.8 Å². The molecule has 0 N–H and O–H groups in total. The Morgan fingerprint density at radius 1 is 1.03 bits per heavy atom. The van der Waals surface area contributed by atoms with Crippen molar-refractivity contribution in [3.8, 4) is 17.0 Å². The summed E-state index contributed by atoms with van der Waals surface area (Å²) in [6.45, 7) is 4.01. The van der Waals surface area contributed by atoms with Gasteiger partial charge in [-0.05, 0) is 31.2 Å². The van der Waals surface area contributed by atoms with Crippen molar-refractivity contribution in [1.82, 2.24) is 29.6 Å². The van der Waals surface area contributed by atoms with E-state index in [9.17, 15) is 9.59 Å². The fourth-order valence-corrected chi connectivity index (χ4v) is 4.22. The normalized spacial score (nSPS) is 13.9. The van der Waals surface area contributed by atoms with Gasteiger partial charge in [0.2, 0.25) is 11.1 Å². The van der Waals surface area contributed by atoms with E-state index in [0.29, 0.717) is 43.6 Å². The molecule has 3 aromatic rings. The first-order chi connectivity index (χ1) is 15.6. The van der Waals surface area contributed by atoms with Crippen molar-refractivity contribution in [3.63, 3.8) is 0 Å². The van der Waals surface area contributed by atoms with E-state index in [4.69, 9.17) is 9.47 Å². The van der Waals surface area contributed by atoms with Crippen LogP contribution in [0.25, 0.3) is 16.9 Å². The molecule has 0 saturated carbocycles. The van der Waals surface area contributed by atoms with Crippen molar-refractivity contribution < 1.29 is 19.1 Å². The SMILES string of the molecule is CCOC(=O)N1CCN(C(=O)CSc2nnc3ccc(-c4ccccc4OC)nn23)CC1. The second-order valence-corrected chi connectivity index (χ2v) is 7.97. The third-order valence-corrected chi connectivity index (χ3v) is 6.00. The smallest absolute Gasteiger partial charge is 0.409 e. The van der Waals surface area contributed by atoms with Gasteiger partial charge in [-0.2, -0.15) is 9.61 Å². The predicted octanol–water partition coefficient (Wildman–Crippen LogP) is 2.19. The number of rotatable bonds is 6. The Labute approximate surface area is 189 Å². The number of methoxy groups -OCH3 is 1. The Balaban J connectivity index is 1.42. The Morgan fingerprint density at radius 3 is 2.53 bits per heavy atom. The van der Waals surface area contributed by atoms with Gasteiger partial charge in [0.1, 0.15) is 5.75 Å². The average Bonchev–Trinajstić information content (AvgIpc) is 3.25. The molecule has 1 aliphatic rings. The van der Waals surface area contributed by atoms with Gasteiger partial charge in [0.25, 0.3) is 0 Å². The molecule has 0 radical (unpaired) electrons. The number of carbonyl (C=O) groups excluding carboxylic acids is 2. The molecule has 3 heterocycles. The van der Waals surface area contributed by atoms with Crippen LogP contribution in [0.2, 0.25) is 0 Å². The van der Waals surface area contributed by atoms with E-state index in [1.807, 2.05) is 36.4 Å². The minimum atomic E-state index is -0.333. The third-order valence-electron chi connectivity index (χ3n) is 5.10. The number of piperazine rings is 1. The summed E-state index contributed by atoms with van der Waals surface area (Å²) < 4.78 is 12.1. The number of hydrogen-bond donors (Lipinski definition) is 0. The number of amides is 2. The largest absolute Gasteiger partial charge is 0.496 e. The summed E-state index contributed by atoms with van der Waals surface area (Å²) in [5.74, 6) is 0.913. The first-order valence-electron chi connectivity index (χ1n) is 10.3. The molecule has 0 spiro atoms. The Bertz CT molecular complexity index is 1110. The molecular weight excluding hydrogens is 432 g/mol. The molecule has 11 heteroatoms. The average molecular weight is 457 g/mol. The second kappa shape index (κ2) is 9.86. The lowest BCUT2D eigenvalue weighted by molar-refractivity contribution is -0.129. The molecule has 1 aromatic carbocycles. The molecule has 32 heavy (non-hydrogen) atoms. The van der Waals surface area contributed by atoms with Crippen LogP contribution in [0.4, 0.5) is 4.79 Å². The molecule has 1 fully saturated rings. The number of carbonyl (C=O) groups is 2. The summed E-state index contributed by atoms with van der Waals surface area (Å²) in [5.41, 5.74) is 2.18. The minimum Gasteiger partial charge on any atom is -0.496 e. The molecule has 1 aliphatic heterocycles. The summed E-state index contributed by atoms with van der Waals surface area (Å²) in [4.78, 5) is 27.9. The summed E-state index contributed by atoms with van der Waals surface area (Å²) >= 11 is 1.29. The van der Waals surface area contributed by atoms with E-state index < -0.39 is 0 Å². The van der Waals surface area contributed by atoms with Crippen LogP contribution < -0.4 is 4.74 Å². The quantitative estimate of drug-likeness (QED) is 0.520. The Kier molecular flexibility index (Phi) is 6.74. The maximum atomic E-state index is 12.7. The van der Waals surface area contributed by atoms with Crippen LogP contribution in [0.1, 0.15) is 6.92 Å². The van der Waals surface area contributed by atoms with Crippen molar-refractivity contribution >= 4 is 29.4 Å². The van der Waals surface area contributed by atoms with E-state index >= 15 is 0 Å². The number of para-hydroxylation sites is 1. The van der Waals surface area contributed by atoms with Crippen molar-refractivity contribution in [3.05, 3.63) is 36.4 Å². The highest BCUT2D eigenvalue weighted by Gasteiger charge is 2.25. The number of benzene rings is 1. The van der Waals surface area contributed by atoms with Crippen molar-refractivity contribution in [2.24, 2.45) is 0 Å². The van der Waals surface area contributed by atoms with Gasteiger partial charge in [-0.25, -0.2) is 4.79 Å². The molecule has 2 aromatic heterocycles. The minimum absolute atomic E-state index is 0.0175. The lowest BCUT2D eigenvalue weighted by atomic mass is 10.1.